The van der Waals surface area contributed by atoms with Crippen LogP contribution in [-0.4, -0.2) is 16.8 Å². The third-order valence-corrected chi connectivity index (χ3v) is 5.69. The van der Waals surface area contributed by atoms with Crippen molar-refractivity contribution in [1.82, 2.24) is 0 Å². The number of carbonyl (C=O) groups is 1. The number of nitrogens with one attached hydrogen (secondary N) is 2. The molecule has 0 unspecified atom stereocenters. The van der Waals surface area contributed by atoms with Crippen LogP contribution >= 0.6 is 34.4 Å². The van der Waals surface area contributed by atoms with Gasteiger partial charge in [-0.15, -0.1) is 0 Å². The predicted octanol–water partition coefficient (Wildman–Crippen LogP) is 5.54. The largest absolute Gasteiger partial charge is 0.334 e. The first-order chi connectivity index (χ1) is 12.6. The number of rotatable bonds is 3. The summed E-state index contributed by atoms with van der Waals surface area (Å²) in [5, 5.41) is 9.33. The molecule has 0 aliphatic carbocycles. The van der Waals surface area contributed by atoms with E-state index >= 15 is 0 Å². The number of aryl methyl sites for hydroxylation is 1. The number of hydrogen-bond acceptors (Lipinski definition) is 4. The quantitative estimate of drug-likeness (QED) is 0.492. The van der Waals surface area contributed by atoms with Crippen LogP contribution in [0.5, 0.6) is 0 Å². The van der Waals surface area contributed by atoms with Gasteiger partial charge in [-0.25, -0.2) is 4.99 Å². The van der Waals surface area contributed by atoms with Gasteiger partial charge < -0.3 is 10.6 Å². The smallest absolute Gasteiger partial charge is 0.234 e. The minimum absolute atomic E-state index is 0.0409. The fourth-order valence-corrected chi connectivity index (χ4v) is 4.26. The first-order valence-electron chi connectivity index (χ1n) is 8.16. The molecular weight excluding hydrogens is 457 g/mol. The van der Waals surface area contributed by atoms with Gasteiger partial charge in [-0.1, -0.05) is 36.0 Å². The van der Waals surface area contributed by atoms with E-state index in [2.05, 4.69) is 50.3 Å². The summed E-state index contributed by atoms with van der Waals surface area (Å²) in [6.45, 7) is 2.00. The van der Waals surface area contributed by atoms with Gasteiger partial charge in [0.2, 0.25) is 5.91 Å². The number of amidine groups is 1. The van der Waals surface area contributed by atoms with E-state index in [1.807, 2.05) is 49.4 Å². The Labute approximate surface area is 169 Å². The number of halogens is 1. The summed E-state index contributed by atoms with van der Waals surface area (Å²) in [5.74, 6) is 0.260. The van der Waals surface area contributed by atoms with Crippen LogP contribution in [0.3, 0.4) is 0 Å². The maximum Gasteiger partial charge on any atom is 0.234 e. The van der Waals surface area contributed by atoms with Crippen molar-refractivity contribution in [3.63, 3.8) is 0 Å². The maximum absolute atomic E-state index is 12.3. The van der Waals surface area contributed by atoms with Crippen molar-refractivity contribution in [2.45, 2.75) is 6.92 Å². The normalized spacial score (nSPS) is 12.5. The molecule has 0 saturated carbocycles. The van der Waals surface area contributed by atoms with Crippen molar-refractivity contribution < 1.29 is 4.79 Å². The molecule has 3 aromatic carbocycles. The molecule has 26 heavy (non-hydrogen) atoms. The van der Waals surface area contributed by atoms with Gasteiger partial charge in [0, 0.05) is 14.6 Å². The van der Waals surface area contributed by atoms with Crippen LogP contribution in [0.1, 0.15) is 5.56 Å². The molecule has 4 rings (SSSR count). The summed E-state index contributed by atoms with van der Waals surface area (Å²) in [6.07, 6.45) is 0. The van der Waals surface area contributed by atoms with Gasteiger partial charge in [0.05, 0.1) is 17.1 Å². The van der Waals surface area contributed by atoms with Crippen LogP contribution < -0.4 is 10.6 Å². The van der Waals surface area contributed by atoms with Crippen molar-refractivity contribution in [1.29, 1.82) is 0 Å². The molecular formula is C20H16IN3OS. The second-order valence-electron chi connectivity index (χ2n) is 6.02. The fourth-order valence-electron chi connectivity index (χ4n) is 2.93. The van der Waals surface area contributed by atoms with Gasteiger partial charge in [0.15, 0.2) is 5.17 Å². The van der Waals surface area contributed by atoms with Crippen LogP contribution in [0, 0.1) is 10.5 Å². The molecule has 1 amide bonds. The van der Waals surface area contributed by atoms with E-state index in [4.69, 9.17) is 0 Å². The van der Waals surface area contributed by atoms with Crippen LogP contribution in [0.15, 0.2) is 59.6 Å². The number of thioether (sulfide) groups is 1. The monoisotopic (exact) mass is 473 g/mol. The first-order valence-corrected chi connectivity index (χ1v) is 10.2. The van der Waals surface area contributed by atoms with Gasteiger partial charge in [0.25, 0.3) is 0 Å². The second kappa shape index (κ2) is 7.28. The van der Waals surface area contributed by atoms with Crippen molar-refractivity contribution in [3.05, 3.63) is 63.7 Å². The van der Waals surface area contributed by atoms with Gasteiger partial charge in [-0.05, 0) is 70.8 Å². The Kier molecular flexibility index (Phi) is 4.86. The molecule has 0 saturated heterocycles. The van der Waals surface area contributed by atoms with Gasteiger partial charge in [-0.2, -0.15) is 0 Å². The van der Waals surface area contributed by atoms with Crippen LogP contribution in [0.4, 0.5) is 17.1 Å². The minimum Gasteiger partial charge on any atom is -0.334 e. The molecule has 1 heterocycles. The lowest BCUT2D eigenvalue weighted by atomic mass is 10.1. The van der Waals surface area contributed by atoms with E-state index in [0.717, 1.165) is 42.1 Å². The fraction of sp³-hybridized carbons (Fsp3) is 0.100. The van der Waals surface area contributed by atoms with Gasteiger partial charge >= 0.3 is 0 Å². The molecule has 0 spiro atoms. The average molecular weight is 473 g/mol. The number of anilines is 2. The number of carbonyl (C=O) groups excluding carboxylic acids is 1. The highest BCUT2D eigenvalue weighted by Crippen LogP contribution is 2.36. The van der Waals surface area contributed by atoms with E-state index < -0.39 is 0 Å². The maximum atomic E-state index is 12.3. The number of aliphatic imine (C=N–C) groups is 1. The molecule has 3 aromatic rings. The highest BCUT2D eigenvalue weighted by atomic mass is 127. The van der Waals surface area contributed by atoms with E-state index in [0.29, 0.717) is 5.75 Å². The zero-order valence-electron chi connectivity index (χ0n) is 14.0. The molecule has 0 aromatic heterocycles. The topological polar surface area (TPSA) is 53.5 Å². The lowest BCUT2D eigenvalue weighted by molar-refractivity contribution is -0.113. The van der Waals surface area contributed by atoms with E-state index in [-0.39, 0.29) is 5.91 Å². The summed E-state index contributed by atoms with van der Waals surface area (Å²) in [7, 11) is 0. The zero-order valence-corrected chi connectivity index (χ0v) is 17.0. The highest BCUT2D eigenvalue weighted by molar-refractivity contribution is 14.1. The second-order valence-corrected chi connectivity index (χ2v) is 8.23. The lowest BCUT2D eigenvalue weighted by Crippen LogP contribution is -2.19. The van der Waals surface area contributed by atoms with Crippen molar-refractivity contribution in [2.75, 3.05) is 16.4 Å². The van der Waals surface area contributed by atoms with Crippen molar-refractivity contribution >= 4 is 73.3 Å². The Hall–Kier alpha value is -2.06. The molecule has 0 radical (unpaired) electrons. The molecule has 0 atom stereocenters. The van der Waals surface area contributed by atoms with E-state index in [1.165, 1.54) is 11.8 Å². The summed E-state index contributed by atoms with van der Waals surface area (Å²) in [4.78, 5) is 17.0. The number of nitrogens with zero attached hydrogens (tertiary/aromatic N) is 1. The molecule has 4 nitrogen and oxygen atoms in total. The average Bonchev–Trinajstić information content (AvgIpc) is 2.63. The standard InChI is InChI=1S/C20H16IN3OS/c1-12-10-14(21)8-9-15(12)22-18(25)11-26-20-23-16-6-2-4-13-5-3-7-17(24-20)19(13)16/h2-10H,11H2,1H3,(H,22,25)(H,23,24). The minimum atomic E-state index is -0.0409. The first kappa shape index (κ1) is 17.4. The molecule has 0 fully saturated rings. The van der Waals surface area contributed by atoms with Gasteiger partial charge in [0.1, 0.15) is 0 Å². The van der Waals surface area contributed by atoms with Crippen LogP contribution in [-0.2, 0) is 4.79 Å². The predicted molar refractivity (Wildman–Crippen MR) is 120 cm³/mol. The number of benzene rings is 3. The van der Waals surface area contributed by atoms with Crippen molar-refractivity contribution in [3.8, 4) is 0 Å². The summed E-state index contributed by atoms with van der Waals surface area (Å²) in [5.41, 5.74) is 3.88. The van der Waals surface area contributed by atoms with Crippen LogP contribution in [0.2, 0.25) is 0 Å². The molecule has 6 heteroatoms. The Morgan fingerprint density at radius 1 is 1.19 bits per heavy atom. The van der Waals surface area contributed by atoms with Crippen molar-refractivity contribution in [2.24, 2.45) is 4.99 Å². The Morgan fingerprint density at radius 2 is 2.00 bits per heavy atom. The Bertz CT molecular complexity index is 1040. The Morgan fingerprint density at radius 3 is 2.81 bits per heavy atom. The molecule has 2 N–H and O–H groups in total. The van der Waals surface area contributed by atoms with Gasteiger partial charge in [-0.3, -0.25) is 4.79 Å². The molecule has 0 bridgehead atoms. The molecule has 1 aliphatic heterocycles. The summed E-state index contributed by atoms with van der Waals surface area (Å²) in [6, 6.07) is 18.2. The van der Waals surface area contributed by atoms with E-state index in [1.54, 1.807) is 0 Å². The Balaban J connectivity index is 1.46. The third kappa shape index (κ3) is 3.57. The van der Waals surface area contributed by atoms with Crippen LogP contribution in [0.25, 0.3) is 10.8 Å². The molecule has 130 valence electrons. The SMILES string of the molecule is Cc1cc(I)ccc1NC(=O)CSC1=Nc2cccc3cccc(c23)N1. The third-order valence-electron chi connectivity index (χ3n) is 4.15. The lowest BCUT2D eigenvalue weighted by Gasteiger charge is -2.18. The van der Waals surface area contributed by atoms with E-state index in [9.17, 15) is 4.79 Å². The number of amides is 1. The number of hydrogen-bond donors (Lipinski definition) is 2. The highest BCUT2D eigenvalue weighted by Gasteiger charge is 2.15. The summed E-state index contributed by atoms with van der Waals surface area (Å²) < 4.78 is 1.15. The molecule has 1 aliphatic rings. The summed E-state index contributed by atoms with van der Waals surface area (Å²) >= 11 is 3.67. The zero-order chi connectivity index (χ0) is 18.1.